The van der Waals surface area contributed by atoms with Crippen LogP contribution in [0.25, 0.3) is 0 Å². The van der Waals surface area contributed by atoms with E-state index in [1.165, 1.54) is 7.11 Å². The standard InChI is InChI=1S/C13H20N2O2S/c1-9-7-10(18-6-5-15(2)3)8-11(12(9)14)13(16)17-4/h7-8H,5-6,14H2,1-4H3. The first-order valence-corrected chi connectivity index (χ1v) is 6.70. The molecule has 1 rings (SSSR count). The summed E-state index contributed by atoms with van der Waals surface area (Å²) in [4.78, 5) is 14.8. The fourth-order valence-corrected chi connectivity index (χ4v) is 2.63. The number of carbonyl (C=O) groups excluding carboxylic acids is 1. The van der Waals surface area contributed by atoms with Crippen LogP contribution in [-0.2, 0) is 4.74 Å². The molecule has 5 heteroatoms. The highest BCUT2D eigenvalue weighted by Crippen LogP contribution is 2.26. The lowest BCUT2D eigenvalue weighted by Gasteiger charge is -2.12. The van der Waals surface area contributed by atoms with Gasteiger partial charge in [-0.3, -0.25) is 0 Å². The van der Waals surface area contributed by atoms with Crippen molar-refractivity contribution < 1.29 is 9.53 Å². The fraction of sp³-hybridized carbons (Fsp3) is 0.462. The molecule has 18 heavy (non-hydrogen) atoms. The van der Waals surface area contributed by atoms with Gasteiger partial charge in [-0.25, -0.2) is 4.79 Å². The Hall–Kier alpha value is -1.20. The number of hydrogen-bond donors (Lipinski definition) is 1. The average molecular weight is 268 g/mol. The Morgan fingerprint density at radius 1 is 1.44 bits per heavy atom. The molecule has 0 aliphatic carbocycles. The second kappa shape index (κ2) is 6.66. The van der Waals surface area contributed by atoms with E-state index in [4.69, 9.17) is 10.5 Å². The van der Waals surface area contributed by atoms with Crippen LogP contribution in [-0.4, -0.2) is 44.4 Å². The number of methoxy groups -OCH3 is 1. The molecular formula is C13H20N2O2S. The van der Waals surface area contributed by atoms with Crippen LogP contribution in [0.2, 0.25) is 0 Å². The first kappa shape index (κ1) is 14.9. The number of thioether (sulfide) groups is 1. The first-order valence-electron chi connectivity index (χ1n) is 5.71. The van der Waals surface area contributed by atoms with E-state index in [0.29, 0.717) is 11.3 Å². The zero-order chi connectivity index (χ0) is 13.7. The van der Waals surface area contributed by atoms with Gasteiger partial charge in [-0.2, -0.15) is 0 Å². The van der Waals surface area contributed by atoms with Crippen molar-refractivity contribution >= 4 is 23.4 Å². The predicted octanol–water partition coefficient (Wildman–Crippen LogP) is 2.02. The molecule has 0 aromatic heterocycles. The number of benzene rings is 1. The molecule has 100 valence electrons. The Morgan fingerprint density at radius 2 is 2.11 bits per heavy atom. The lowest BCUT2D eigenvalue weighted by atomic mass is 10.1. The third kappa shape index (κ3) is 3.92. The zero-order valence-electron chi connectivity index (χ0n) is 11.3. The highest BCUT2D eigenvalue weighted by atomic mass is 32.2. The van der Waals surface area contributed by atoms with Crippen LogP contribution >= 0.6 is 11.8 Å². The van der Waals surface area contributed by atoms with Gasteiger partial charge < -0.3 is 15.4 Å². The minimum Gasteiger partial charge on any atom is -0.465 e. The maximum absolute atomic E-state index is 11.6. The van der Waals surface area contributed by atoms with Crippen LogP contribution in [0.3, 0.4) is 0 Å². The summed E-state index contributed by atoms with van der Waals surface area (Å²) >= 11 is 1.71. The lowest BCUT2D eigenvalue weighted by molar-refractivity contribution is 0.0601. The average Bonchev–Trinajstić information content (AvgIpc) is 2.32. The first-order chi connectivity index (χ1) is 8.45. The number of esters is 1. The van der Waals surface area contributed by atoms with Gasteiger partial charge in [0.25, 0.3) is 0 Å². The second-order valence-corrected chi connectivity index (χ2v) is 5.51. The second-order valence-electron chi connectivity index (χ2n) is 4.34. The van der Waals surface area contributed by atoms with E-state index in [0.717, 1.165) is 22.8 Å². The summed E-state index contributed by atoms with van der Waals surface area (Å²) in [6, 6.07) is 3.80. The van der Waals surface area contributed by atoms with E-state index >= 15 is 0 Å². The molecule has 0 bridgehead atoms. The molecule has 0 heterocycles. The van der Waals surface area contributed by atoms with Crippen molar-refractivity contribution in [2.45, 2.75) is 11.8 Å². The number of anilines is 1. The fourth-order valence-electron chi connectivity index (χ4n) is 1.47. The van der Waals surface area contributed by atoms with Gasteiger partial charge >= 0.3 is 5.97 Å². The van der Waals surface area contributed by atoms with Crippen molar-refractivity contribution in [3.8, 4) is 0 Å². The molecule has 1 aromatic carbocycles. The summed E-state index contributed by atoms with van der Waals surface area (Å²) in [5, 5.41) is 0. The van der Waals surface area contributed by atoms with Gasteiger partial charge in [-0.05, 0) is 38.7 Å². The van der Waals surface area contributed by atoms with Gasteiger partial charge in [0.15, 0.2) is 0 Å². The quantitative estimate of drug-likeness (QED) is 0.503. The topological polar surface area (TPSA) is 55.6 Å². The van der Waals surface area contributed by atoms with Crippen LogP contribution in [0, 0.1) is 6.92 Å². The number of ether oxygens (including phenoxy) is 1. The number of nitrogens with two attached hydrogens (primary N) is 1. The van der Waals surface area contributed by atoms with Crippen molar-refractivity contribution in [3.63, 3.8) is 0 Å². The Balaban J connectivity index is 2.87. The van der Waals surface area contributed by atoms with Crippen molar-refractivity contribution in [2.75, 3.05) is 39.2 Å². The normalized spacial score (nSPS) is 10.7. The largest absolute Gasteiger partial charge is 0.465 e. The van der Waals surface area contributed by atoms with Gasteiger partial charge in [0.2, 0.25) is 0 Å². The smallest absolute Gasteiger partial charge is 0.340 e. The number of rotatable bonds is 5. The Labute approximate surface area is 112 Å². The highest BCUT2D eigenvalue weighted by molar-refractivity contribution is 7.99. The zero-order valence-corrected chi connectivity index (χ0v) is 12.1. The molecule has 0 saturated carbocycles. The molecule has 0 unspecified atom stereocenters. The third-order valence-corrected chi connectivity index (χ3v) is 3.53. The summed E-state index contributed by atoms with van der Waals surface area (Å²) in [6.07, 6.45) is 0. The molecule has 0 saturated heterocycles. The summed E-state index contributed by atoms with van der Waals surface area (Å²) in [7, 11) is 5.44. The summed E-state index contributed by atoms with van der Waals surface area (Å²) in [6.45, 7) is 2.89. The molecule has 0 fully saturated rings. The molecule has 2 N–H and O–H groups in total. The van der Waals surface area contributed by atoms with Crippen molar-refractivity contribution in [1.82, 2.24) is 4.90 Å². The molecule has 4 nitrogen and oxygen atoms in total. The van der Waals surface area contributed by atoms with Crippen molar-refractivity contribution in [3.05, 3.63) is 23.3 Å². The Morgan fingerprint density at radius 3 is 2.67 bits per heavy atom. The molecule has 0 atom stereocenters. The van der Waals surface area contributed by atoms with E-state index in [2.05, 4.69) is 4.90 Å². The van der Waals surface area contributed by atoms with Gasteiger partial charge in [-0.1, -0.05) is 0 Å². The van der Waals surface area contributed by atoms with Gasteiger partial charge in [-0.15, -0.1) is 11.8 Å². The predicted molar refractivity (Wildman–Crippen MR) is 76.2 cm³/mol. The van der Waals surface area contributed by atoms with E-state index in [9.17, 15) is 4.79 Å². The minimum atomic E-state index is -0.384. The van der Waals surface area contributed by atoms with E-state index < -0.39 is 0 Å². The summed E-state index contributed by atoms with van der Waals surface area (Å²) < 4.78 is 4.73. The van der Waals surface area contributed by atoms with Gasteiger partial charge in [0, 0.05) is 22.9 Å². The molecule has 0 aliphatic rings. The molecule has 0 aliphatic heterocycles. The maximum Gasteiger partial charge on any atom is 0.340 e. The summed E-state index contributed by atoms with van der Waals surface area (Å²) in [5.74, 6) is 0.586. The van der Waals surface area contributed by atoms with Crippen LogP contribution in [0.5, 0.6) is 0 Å². The van der Waals surface area contributed by atoms with E-state index in [-0.39, 0.29) is 5.97 Å². The van der Waals surface area contributed by atoms with Crippen LogP contribution in [0.15, 0.2) is 17.0 Å². The molecule has 0 amide bonds. The molecule has 0 spiro atoms. The monoisotopic (exact) mass is 268 g/mol. The van der Waals surface area contributed by atoms with Crippen LogP contribution in [0.1, 0.15) is 15.9 Å². The highest BCUT2D eigenvalue weighted by Gasteiger charge is 2.13. The van der Waals surface area contributed by atoms with Crippen LogP contribution < -0.4 is 5.73 Å². The Bertz CT molecular complexity index is 433. The minimum absolute atomic E-state index is 0.384. The van der Waals surface area contributed by atoms with Gasteiger partial charge in [0.05, 0.1) is 12.7 Å². The SMILES string of the molecule is COC(=O)c1cc(SCCN(C)C)cc(C)c1N. The number of nitrogens with zero attached hydrogens (tertiary/aromatic N) is 1. The van der Waals surface area contributed by atoms with E-state index in [1.807, 2.05) is 27.1 Å². The number of hydrogen-bond acceptors (Lipinski definition) is 5. The van der Waals surface area contributed by atoms with Crippen molar-refractivity contribution in [2.24, 2.45) is 0 Å². The number of aryl methyl sites for hydroxylation is 1. The van der Waals surface area contributed by atoms with Gasteiger partial charge in [0.1, 0.15) is 0 Å². The molecule has 0 radical (unpaired) electrons. The third-order valence-electron chi connectivity index (χ3n) is 2.57. The summed E-state index contributed by atoms with van der Waals surface area (Å²) in [5.41, 5.74) is 7.74. The number of carbonyl (C=O) groups is 1. The van der Waals surface area contributed by atoms with E-state index in [1.54, 1.807) is 17.8 Å². The van der Waals surface area contributed by atoms with Crippen molar-refractivity contribution in [1.29, 1.82) is 0 Å². The maximum atomic E-state index is 11.6. The number of nitrogen functional groups attached to an aromatic ring is 1. The Kier molecular flexibility index (Phi) is 5.50. The van der Waals surface area contributed by atoms with Crippen LogP contribution in [0.4, 0.5) is 5.69 Å². The lowest BCUT2D eigenvalue weighted by Crippen LogP contribution is -2.14. The molecular weight excluding hydrogens is 248 g/mol. The molecule has 1 aromatic rings.